The van der Waals surface area contributed by atoms with E-state index in [1.807, 2.05) is 6.92 Å². The smallest absolute Gasteiger partial charge is 0.419 e. The Bertz CT molecular complexity index is 608. The van der Waals surface area contributed by atoms with Crippen LogP contribution in [0.2, 0.25) is 0 Å². The van der Waals surface area contributed by atoms with Crippen molar-refractivity contribution in [2.75, 3.05) is 0 Å². The third kappa shape index (κ3) is 3.75. The normalized spacial score (nSPS) is 11.7. The lowest BCUT2D eigenvalue weighted by Gasteiger charge is -2.14. The van der Waals surface area contributed by atoms with Crippen LogP contribution in [0.5, 0.6) is 5.75 Å². The van der Waals surface area contributed by atoms with Crippen LogP contribution in [0.4, 0.5) is 13.2 Å². The van der Waals surface area contributed by atoms with Crippen molar-refractivity contribution >= 4 is 0 Å². The van der Waals surface area contributed by atoms with Crippen molar-refractivity contribution in [3.05, 3.63) is 47.3 Å². The highest BCUT2D eigenvalue weighted by Gasteiger charge is 2.34. The monoisotopic (exact) mass is 299 g/mol. The molecule has 0 bridgehead atoms. The third-order valence-corrected chi connectivity index (χ3v) is 2.99. The maximum Gasteiger partial charge on any atom is 0.419 e. The SMILES string of the molecule is CCn1cc(COc2ccc(CN)cc2C(F)(F)F)cn1. The molecule has 114 valence electrons. The Kier molecular flexibility index (Phi) is 4.52. The van der Waals surface area contributed by atoms with Crippen molar-refractivity contribution in [1.82, 2.24) is 9.78 Å². The first kappa shape index (κ1) is 15.4. The van der Waals surface area contributed by atoms with E-state index in [0.717, 1.165) is 6.07 Å². The van der Waals surface area contributed by atoms with Gasteiger partial charge in [0.1, 0.15) is 12.4 Å². The van der Waals surface area contributed by atoms with Crippen LogP contribution < -0.4 is 10.5 Å². The molecule has 21 heavy (non-hydrogen) atoms. The van der Waals surface area contributed by atoms with Crippen LogP contribution in [0, 0.1) is 0 Å². The van der Waals surface area contributed by atoms with Crippen molar-refractivity contribution in [2.45, 2.75) is 32.8 Å². The quantitative estimate of drug-likeness (QED) is 0.923. The Morgan fingerprint density at radius 3 is 2.62 bits per heavy atom. The molecule has 0 amide bonds. The summed E-state index contributed by atoms with van der Waals surface area (Å²) in [6, 6.07) is 3.85. The van der Waals surface area contributed by atoms with Gasteiger partial charge in [-0.1, -0.05) is 6.07 Å². The van der Waals surface area contributed by atoms with E-state index in [1.54, 1.807) is 17.1 Å². The first-order valence-corrected chi connectivity index (χ1v) is 6.48. The topological polar surface area (TPSA) is 53.1 Å². The zero-order valence-corrected chi connectivity index (χ0v) is 11.5. The molecule has 0 radical (unpaired) electrons. The van der Waals surface area contributed by atoms with Gasteiger partial charge in [0.15, 0.2) is 0 Å². The van der Waals surface area contributed by atoms with Crippen molar-refractivity contribution in [3.63, 3.8) is 0 Å². The van der Waals surface area contributed by atoms with E-state index in [-0.39, 0.29) is 18.9 Å². The number of aromatic nitrogens is 2. The molecule has 1 aromatic carbocycles. The van der Waals surface area contributed by atoms with Gasteiger partial charge in [0.05, 0.1) is 11.8 Å². The summed E-state index contributed by atoms with van der Waals surface area (Å²) in [7, 11) is 0. The standard InChI is InChI=1S/C14H16F3N3O/c1-2-20-8-11(7-19-20)9-21-13-4-3-10(6-18)5-12(13)14(15,16)17/h3-5,7-8H,2,6,9,18H2,1H3. The maximum absolute atomic E-state index is 13.0. The zero-order valence-electron chi connectivity index (χ0n) is 11.5. The summed E-state index contributed by atoms with van der Waals surface area (Å²) in [6.07, 6.45) is -1.17. The summed E-state index contributed by atoms with van der Waals surface area (Å²) in [6.45, 7) is 2.70. The molecular weight excluding hydrogens is 283 g/mol. The number of nitrogens with two attached hydrogens (primary N) is 1. The van der Waals surface area contributed by atoms with E-state index in [0.29, 0.717) is 17.7 Å². The van der Waals surface area contributed by atoms with Crippen LogP contribution in [0.3, 0.4) is 0 Å². The second-order valence-corrected chi connectivity index (χ2v) is 4.53. The van der Waals surface area contributed by atoms with Crippen LogP contribution in [0.15, 0.2) is 30.6 Å². The largest absolute Gasteiger partial charge is 0.488 e. The molecule has 2 rings (SSSR count). The molecule has 7 heteroatoms. The highest BCUT2D eigenvalue weighted by Crippen LogP contribution is 2.37. The molecule has 0 unspecified atom stereocenters. The molecule has 2 N–H and O–H groups in total. The number of benzene rings is 1. The summed E-state index contributed by atoms with van der Waals surface area (Å²) >= 11 is 0. The summed E-state index contributed by atoms with van der Waals surface area (Å²) in [5.74, 6) is -0.205. The molecular formula is C14H16F3N3O. The van der Waals surface area contributed by atoms with Crippen molar-refractivity contribution < 1.29 is 17.9 Å². The predicted molar refractivity (Wildman–Crippen MR) is 71.6 cm³/mol. The number of aryl methyl sites for hydroxylation is 1. The molecule has 1 aromatic heterocycles. The lowest BCUT2D eigenvalue weighted by Crippen LogP contribution is -2.10. The van der Waals surface area contributed by atoms with Gasteiger partial charge >= 0.3 is 6.18 Å². The van der Waals surface area contributed by atoms with E-state index in [2.05, 4.69) is 5.10 Å². The Morgan fingerprint density at radius 1 is 1.29 bits per heavy atom. The fraction of sp³-hybridized carbons (Fsp3) is 0.357. The molecule has 0 fully saturated rings. The zero-order chi connectivity index (χ0) is 15.5. The van der Waals surface area contributed by atoms with E-state index in [1.165, 1.54) is 12.1 Å². The summed E-state index contributed by atoms with van der Waals surface area (Å²) in [4.78, 5) is 0. The Balaban J connectivity index is 2.19. The molecule has 1 heterocycles. The number of rotatable bonds is 5. The molecule has 0 aliphatic carbocycles. The lowest BCUT2D eigenvalue weighted by atomic mass is 10.1. The van der Waals surface area contributed by atoms with Gasteiger partial charge < -0.3 is 10.5 Å². The average molecular weight is 299 g/mol. The first-order valence-electron chi connectivity index (χ1n) is 6.48. The van der Waals surface area contributed by atoms with E-state index >= 15 is 0 Å². The minimum atomic E-state index is -4.48. The highest BCUT2D eigenvalue weighted by atomic mass is 19.4. The molecule has 0 spiro atoms. The van der Waals surface area contributed by atoms with Gasteiger partial charge in [-0.25, -0.2) is 0 Å². The second kappa shape index (κ2) is 6.17. The van der Waals surface area contributed by atoms with Crippen LogP contribution >= 0.6 is 0 Å². The Hall–Kier alpha value is -2.02. The Morgan fingerprint density at radius 2 is 2.05 bits per heavy atom. The number of alkyl halides is 3. The van der Waals surface area contributed by atoms with Gasteiger partial charge in [-0.05, 0) is 24.6 Å². The highest BCUT2D eigenvalue weighted by molar-refractivity contribution is 5.39. The minimum Gasteiger partial charge on any atom is -0.488 e. The summed E-state index contributed by atoms with van der Waals surface area (Å²) < 4.78 is 46.0. The van der Waals surface area contributed by atoms with Crippen LogP contribution in [0.1, 0.15) is 23.6 Å². The Labute approximate surface area is 120 Å². The van der Waals surface area contributed by atoms with Gasteiger partial charge in [0.25, 0.3) is 0 Å². The van der Waals surface area contributed by atoms with Gasteiger partial charge in [-0.3, -0.25) is 4.68 Å². The molecule has 0 atom stereocenters. The number of hydrogen-bond acceptors (Lipinski definition) is 3. The lowest BCUT2D eigenvalue weighted by molar-refractivity contribution is -0.139. The van der Waals surface area contributed by atoms with Crippen molar-refractivity contribution in [1.29, 1.82) is 0 Å². The molecule has 2 aromatic rings. The van der Waals surface area contributed by atoms with Crippen LogP contribution in [0.25, 0.3) is 0 Å². The number of nitrogens with zero attached hydrogens (tertiary/aromatic N) is 2. The molecule has 4 nitrogen and oxygen atoms in total. The van der Waals surface area contributed by atoms with Gasteiger partial charge in [0, 0.05) is 24.8 Å². The van der Waals surface area contributed by atoms with E-state index < -0.39 is 11.7 Å². The van der Waals surface area contributed by atoms with Gasteiger partial charge in [0.2, 0.25) is 0 Å². The van der Waals surface area contributed by atoms with Crippen molar-refractivity contribution in [2.24, 2.45) is 5.73 Å². The van der Waals surface area contributed by atoms with Crippen LogP contribution in [-0.2, 0) is 25.9 Å². The molecule has 0 aliphatic heterocycles. The third-order valence-electron chi connectivity index (χ3n) is 2.99. The van der Waals surface area contributed by atoms with Gasteiger partial charge in [-0.2, -0.15) is 18.3 Å². The first-order chi connectivity index (χ1) is 9.94. The summed E-state index contributed by atoms with van der Waals surface area (Å²) in [5, 5.41) is 4.04. The average Bonchev–Trinajstić information content (AvgIpc) is 2.92. The number of halogens is 3. The van der Waals surface area contributed by atoms with Gasteiger partial charge in [-0.15, -0.1) is 0 Å². The molecule has 0 saturated heterocycles. The van der Waals surface area contributed by atoms with Crippen molar-refractivity contribution in [3.8, 4) is 5.75 Å². The molecule has 0 aliphatic rings. The van der Waals surface area contributed by atoms with Crippen LogP contribution in [-0.4, -0.2) is 9.78 Å². The minimum absolute atomic E-state index is 0.0328. The maximum atomic E-state index is 13.0. The molecule has 0 saturated carbocycles. The fourth-order valence-corrected chi connectivity index (χ4v) is 1.87. The predicted octanol–water partition coefficient (Wildman–Crippen LogP) is 2.96. The van der Waals surface area contributed by atoms with E-state index in [9.17, 15) is 13.2 Å². The second-order valence-electron chi connectivity index (χ2n) is 4.53. The number of ether oxygens (including phenoxy) is 1. The fourth-order valence-electron chi connectivity index (χ4n) is 1.87. The van der Waals surface area contributed by atoms with E-state index in [4.69, 9.17) is 10.5 Å². The summed E-state index contributed by atoms with van der Waals surface area (Å²) in [5.41, 5.74) is 5.69. The number of hydrogen-bond donors (Lipinski definition) is 1.